The van der Waals surface area contributed by atoms with E-state index in [2.05, 4.69) is 84.7 Å². The molecular formula is C19H27P. The van der Waals surface area contributed by atoms with Crippen molar-refractivity contribution >= 4 is 15.3 Å². The molecule has 0 bridgehead atoms. The van der Waals surface area contributed by atoms with Gasteiger partial charge in [0, 0.05) is 0 Å². The van der Waals surface area contributed by atoms with Crippen LogP contribution in [0.25, 0.3) is 6.08 Å². The van der Waals surface area contributed by atoms with E-state index in [9.17, 15) is 0 Å². The van der Waals surface area contributed by atoms with Crippen LogP contribution in [-0.2, 0) is 6.42 Å². The van der Waals surface area contributed by atoms with Crippen molar-refractivity contribution in [2.45, 2.75) is 45.7 Å². The van der Waals surface area contributed by atoms with Crippen LogP contribution >= 0.6 is 9.24 Å². The molecular weight excluding hydrogens is 259 g/mol. The molecule has 0 fully saturated rings. The SMILES string of the molecule is C/C=C/C(P)C/C=C\Cc1cccc(/C=C\CC)c1C. The van der Waals surface area contributed by atoms with Crippen LogP contribution in [0.1, 0.15) is 43.4 Å². The molecule has 0 saturated heterocycles. The van der Waals surface area contributed by atoms with Crippen LogP contribution in [0.3, 0.4) is 0 Å². The summed E-state index contributed by atoms with van der Waals surface area (Å²) in [7, 11) is 2.87. The van der Waals surface area contributed by atoms with E-state index in [1.165, 1.54) is 16.7 Å². The summed E-state index contributed by atoms with van der Waals surface area (Å²) in [6.45, 7) is 6.46. The zero-order chi connectivity index (χ0) is 14.8. The van der Waals surface area contributed by atoms with Crippen LogP contribution in [0.15, 0.2) is 48.6 Å². The highest BCUT2D eigenvalue weighted by atomic mass is 31.0. The lowest BCUT2D eigenvalue weighted by Crippen LogP contribution is -1.91. The highest BCUT2D eigenvalue weighted by Crippen LogP contribution is 2.17. The van der Waals surface area contributed by atoms with Crippen molar-refractivity contribution < 1.29 is 0 Å². The second kappa shape index (κ2) is 9.72. The minimum atomic E-state index is 0.552. The lowest BCUT2D eigenvalue weighted by Gasteiger charge is -2.07. The van der Waals surface area contributed by atoms with Gasteiger partial charge in [0.05, 0.1) is 0 Å². The van der Waals surface area contributed by atoms with E-state index in [4.69, 9.17) is 0 Å². The Balaban J connectivity index is 2.64. The summed E-state index contributed by atoms with van der Waals surface area (Å²) in [5, 5.41) is 0. The lowest BCUT2D eigenvalue weighted by molar-refractivity contribution is 1.06. The van der Waals surface area contributed by atoms with Crippen LogP contribution in [0.2, 0.25) is 0 Å². The van der Waals surface area contributed by atoms with Crippen molar-refractivity contribution in [2.75, 3.05) is 0 Å². The van der Waals surface area contributed by atoms with E-state index in [1.807, 2.05) is 0 Å². The predicted octanol–water partition coefficient (Wildman–Crippen LogP) is 5.73. The number of benzene rings is 1. The predicted molar refractivity (Wildman–Crippen MR) is 96.3 cm³/mol. The van der Waals surface area contributed by atoms with Gasteiger partial charge in [-0.2, -0.15) is 0 Å². The second-order valence-corrected chi connectivity index (χ2v) is 5.90. The molecule has 1 rings (SSSR count). The van der Waals surface area contributed by atoms with Gasteiger partial charge in [0.15, 0.2) is 0 Å². The maximum atomic E-state index is 2.87. The molecule has 108 valence electrons. The Hall–Kier alpha value is -1.13. The van der Waals surface area contributed by atoms with Gasteiger partial charge < -0.3 is 0 Å². The quantitative estimate of drug-likeness (QED) is 0.444. The number of rotatable bonds is 7. The topological polar surface area (TPSA) is 0 Å². The van der Waals surface area contributed by atoms with Gasteiger partial charge in [-0.25, -0.2) is 0 Å². The van der Waals surface area contributed by atoms with E-state index >= 15 is 0 Å². The molecule has 0 spiro atoms. The van der Waals surface area contributed by atoms with Crippen LogP contribution in [0.4, 0.5) is 0 Å². The lowest BCUT2D eigenvalue weighted by atomic mass is 9.99. The Morgan fingerprint density at radius 3 is 2.70 bits per heavy atom. The van der Waals surface area contributed by atoms with Crippen molar-refractivity contribution in [3.8, 4) is 0 Å². The Bertz CT molecular complexity index is 481. The van der Waals surface area contributed by atoms with Crippen LogP contribution in [-0.4, -0.2) is 5.66 Å². The monoisotopic (exact) mass is 286 g/mol. The molecule has 2 unspecified atom stereocenters. The summed E-state index contributed by atoms with van der Waals surface area (Å²) in [5.74, 6) is 0. The van der Waals surface area contributed by atoms with Gasteiger partial charge in [0.2, 0.25) is 0 Å². The molecule has 0 radical (unpaired) electrons. The van der Waals surface area contributed by atoms with Gasteiger partial charge in [-0.15, -0.1) is 9.24 Å². The summed E-state index contributed by atoms with van der Waals surface area (Å²) in [5.41, 5.74) is 4.72. The van der Waals surface area contributed by atoms with Crippen LogP contribution < -0.4 is 0 Å². The van der Waals surface area contributed by atoms with Crippen molar-refractivity contribution in [1.82, 2.24) is 0 Å². The third-order valence-electron chi connectivity index (χ3n) is 3.37. The van der Waals surface area contributed by atoms with Gasteiger partial charge in [-0.05, 0) is 55.5 Å². The maximum absolute atomic E-state index is 2.87. The molecule has 0 aliphatic heterocycles. The zero-order valence-corrected chi connectivity index (χ0v) is 14.1. The highest BCUT2D eigenvalue weighted by Gasteiger charge is 2.00. The molecule has 0 aliphatic rings. The van der Waals surface area contributed by atoms with E-state index in [0.717, 1.165) is 19.3 Å². The summed E-state index contributed by atoms with van der Waals surface area (Å²) in [6, 6.07) is 6.58. The fraction of sp³-hybridized carbons (Fsp3) is 0.368. The first-order valence-electron chi connectivity index (χ1n) is 7.47. The van der Waals surface area contributed by atoms with Gasteiger partial charge in [0.25, 0.3) is 0 Å². The zero-order valence-electron chi connectivity index (χ0n) is 13.0. The third-order valence-corrected chi connectivity index (χ3v) is 3.87. The smallest absolute Gasteiger partial charge is 0.00514 e. The number of allylic oxidation sites excluding steroid dienone is 5. The van der Waals surface area contributed by atoms with E-state index in [-0.39, 0.29) is 0 Å². The Morgan fingerprint density at radius 2 is 2.00 bits per heavy atom. The van der Waals surface area contributed by atoms with Crippen molar-refractivity contribution in [2.24, 2.45) is 0 Å². The fourth-order valence-electron chi connectivity index (χ4n) is 2.14. The van der Waals surface area contributed by atoms with E-state index in [0.29, 0.717) is 5.66 Å². The molecule has 0 heterocycles. The minimum Gasteiger partial charge on any atom is -0.130 e. The summed E-state index contributed by atoms with van der Waals surface area (Å²) >= 11 is 0. The highest BCUT2D eigenvalue weighted by molar-refractivity contribution is 7.17. The Morgan fingerprint density at radius 1 is 1.20 bits per heavy atom. The minimum absolute atomic E-state index is 0.552. The summed E-state index contributed by atoms with van der Waals surface area (Å²) < 4.78 is 0. The second-order valence-electron chi connectivity index (χ2n) is 5.04. The molecule has 2 atom stereocenters. The van der Waals surface area contributed by atoms with Crippen LogP contribution in [0, 0.1) is 6.92 Å². The molecule has 0 amide bonds. The normalized spacial score (nSPS) is 13.8. The van der Waals surface area contributed by atoms with E-state index < -0.39 is 0 Å². The summed E-state index contributed by atoms with van der Waals surface area (Å²) in [4.78, 5) is 0. The first-order valence-corrected chi connectivity index (χ1v) is 8.14. The first kappa shape index (κ1) is 16.9. The first-order chi connectivity index (χ1) is 9.69. The van der Waals surface area contributed by atoms with Gasteiger partial charge in [0.1, 0.15) is 0 Å². The molecule has 0 nitrogen and oxygen atoms in total. The Kier molecular flexibility index (Phi) is 8.23. The van der Waals surface area contributed by atoms with Crippen molar-refractivity contribution in [3.05, 3.63) is 65.3 Å². The average molecular weight is 286 g/mol. The van der Waals surface area contributed by atoms with Crippen molar-refractivity contribution in [1.29, 1.82) is 0 Å². The van der Waals surface area contributed by atoms with Gasteiger partial charge in [-0.1, -0.05) is 61.6 Å². The van der Waals surface area contributed by atoms with Crippen LogP contribution in [0.5, 0.6) is 0 Å². The third kappa shape index (κ3) is 5.88. The van der Waals surface area contributed by atoms with Crippen molar-refractivity contribution in [3.63, 3.8) is 0 Å². The number of hydrogen-bond acceptors (Lipinski definition) is 0. The van der Waals surface area contributed by atoms with Gasteiger partial charge in [-0.3, -0.25) is 0 Å². The largest absolute Gasteiger partial charge is 0.130 e. The average Bonchev–Trinajstić information content (AvgIpc) is 2.44. The molecule has 1 aromatic carbocycles. The standard InChI is InChI=1S/C19H27P/c1-4-6-11-17-13-9-14-18(16(17)3)12-7-8-15-19(20)10-5-2/h5-11,13-14,19H,4,12,15,20H2,1-3H3/b8-7-,10-5+,11-6-. The molecule has 0 aromatic heterocycles. The summed E-state index contributed by atoms with van der Waals surface area (Å²) in [6.07, 6.45) is 16.5. The number of hydrogen-bond donors (Lipinski definition) is 0. The molecule has 0 saturated carbocycles. The molecule has 0 aliphatic carbocycles. The molecule has 20 heavy (non-hydrogen) atoms. The van der Waals surface area contributed by atoms with Gasteiger partial charge >= 0.3 is 0 Å². The molecule has 0 N–H and O–H groups in total. The van der Waals surface area contributed by atoms with E-state index in [1.54, 1.807) is 0 Å². The maximum Gasteiger partial charge on any atom is -0.00514 e. The molecule has 1 aromatic rings. The fourth-order valence-corrected chi connectivity index (χ4v) is 2.52. The Labute approximate surface area is 126 Å². The molecule has 1 heteroatoms.